The van der Waals surface area contributed by atoms with E-state index in [9.17, 15) is 4.79 Å². The van der Waals surface area contributed by atoms with Gasteiger partial charge < -0.3 is 14.2 Å². The second-order valence-electron chi connectivity index (χ2n) is 7.88. The molecule has 2 aromatic rings. The summed E-state index contributed by atoms with van der Waals surface area (Å²) in [7, 11) is 2.05. The van der Waals surface area contributed by atoms with Crippen molar-refractivity contribution < 1.29 is 9.53 Å². The van der Waals surface area contributed by atoms with Crippen molar-refractivity contribution in [1.29, 1.82) is 0 Å². The molecule has 1 atom stereocenters. The van der Waals surface area contributed by atoms with Gasteiger partial charge in [-0.25, -0.2) is 0 Å². The molecule has 4 rings (SSSR count). The van der Waals surface area contributed by atoms with Crippen LogP contribution >= 0.6 is 0 Å². The first-order valence-corrected chi connectivity index (χ1v) is 10.2. The van der Waals surface area contributed by atoms with Gasteiger partial charge >= 0.3 is 0 Å². The molecule has 0 N–H and O–H groups in total. The summed E-state index contributed by atoms with van der Waals surface area (Å²) in [5.41, 5.74) is 1.88. The van der Waals surface area contributed by atoms with E-state index in [-0.39, 0.29) is 11.8 Å². The topological polar surface area (TPSA) is 63.5 Å². The first-order valence-electron chi connectivity index (χ1n) is 10.2. The molecule has 1 amide bonds. The van der Waals surface area contributed by atoms with Crippen molar-refractivity contribution in [3.63, 3.8) is 0 Å². The number of piperidine rings is 1. The third-order valence-corrected chi connectivity index (χ3v) is 5.81. The molecular formula is C21H29N5O2. The molecule has 0 radical (unpaired) electrons. The highest BCUT2D eigenvalue weighted by molar-refractivity contribution is 5.94. The molecule has 2 aliphatic heterocycles. The van der Waals surface area contributed by atoms with E-state index in [0.29, 0.717) is 6.54 Å². The fourth-order valence-electron chi connectivity index (χ4n) is 4.16. The second-order valence-corrected chi connectivity index (χ2v) is 7.88. The van der Waals surface area contributed by atoms with Gasteiger partial charge in [-0.3, -0.25) is 9.69 Å². The molecule has 2 fully saturated rings. The molecule has 1 aromatic heterocycles. The van der Waals surface area contributed by atoms with Crippen LogP contribution in [0.25, 0.3) is 0 Å². The van der Waals surface area contributed by atoms with E-state index >= 15 is 0 Å². The lowest BCUT2D eigenvalue weighted by molar-refractivity contribution is 0.0326. The van der Waals surface area contributed by atoms with E-state index in [1.54, 1.807) is 0 Å². The predicted octanol–water partition coefficient (Wildman–Crippen LogP) is 1.98. The van der Waals surface area contributed by atoms with E-state index in [0.717, 1.165) is 75.0 Å². The highest BCUT2D eigenvalue weighted by Gasteiger charge is 2.29. The fourth-order valence-corrected chi connectivity index (χ4v) is 4.16. The van der Waals surface area contributed by atoms with Crippen LogP contribution in [0.5, 0.6) is 0 Å². The number of rotatable bonds is 4. The van der Waals surface area contributed by atoms with Gasteiger partial charge in [0, 0.05) is 44.7 Å². The lowest BCUT2D eigenvalue weighted by atomic mass is 9.96. The summed E-state index contributed by atoms with van der Waals surface area (Å²) >= 11 is 0. The molecule has 7 heteroatoms. The van der Waals surface area contributed by atoms with Gasteiger partial charge in [0.2, 0.25) is 0 Å². The summed E-state index contributed by atoms with van der Waals surface area (Å²) in [6, 6.07) is 7.84. The smallest absolute Gasteiger partial charge is 0.253 e. The zero-order chi connectivity index (χ0) is 19.5. The van der Waals surface area contributed by atoms with Gasteiger partial charge in [-0.2, -0.15) is 0 Å². The number of benzene rings is 1. The fraction of sp³-hybridized carbons (Fsp3) is 0.571. The van der Waals surface area contributed by atoms with Crippen molar-refractivity contribution in [1.82, 2.24) is 24.6 Å². The van der Waals surface area contributed by atoms with Crippen LogP contribution in [-0.2, 0) is 18.3 Å². The third-order valence-electron chi connectivity index (χ3n) is 5.81. The Hall–Kier alpha value is -2.25. The molecular weight excluding hydrogens is 354 g/mol. The number of aromatic nitrogens is 3. The SMILES string of the molecule is Cc1cccc(C(=O)N2CCC[C@H](c3nnc(CN4CCOCC4)n3C)C2)c1. The molecule has 28 heavy (non-hydrogen) atoms. The minimum Gasteiger partial charge on any atom is -0.379 e. The van der Waals surface area contributed by atoms with Gasteiger partial charge in [0.1, 0.15) is 11.6 Å². The molecule has 3 heterocycles. The largest absolute Gasteiger partial charge is 0.379 e. The molecule has 150 valence electrons. The van der Waals surface area contributed by atoms with Crippen molar-refractivity contribution in [2.75, 3.05) is 39.4 Å². The highest BCUT2D eigenvalue weighted by Crippen LogP contribution is 2.27. The Balaban J connectivity index is 1.45. The van der Waals surface area contributed by atoms with Crippen LogP contribution in [0.3, 0.4) is 0 Å². The zero-order valence-electron chi connectivity index (χ0n) is 16.8. The van der Waals surface area contributed by atoms with Gasteiger partial charge in [-0.1, -0.05) is 17.7 Å². The van der Waals surface area contributed by atoms with Crippen LogP contribution in [0.2, 0.25) is 0 Å². The van der Waals surface area contributed by atoms with Crippen molar-refractivity contribution in [2.45, 2.75) is 32.2 Å². The van der Waals surface area contributed by atoms with Crippen LogP contribution in [0.15, 0.2) is 24.3 Å². The molecule has 0 unspecified atom stereocenters. The third kappa shape index (κ3) is 4.10. The van der Waals surface area contributed by atoms with Gasteiger partial charge in [0.25, 0.3) is 5.91 Å². The predicted molar refractivity (Wildman–Crippen MR) is 106 cm³/mol. The van der Waals surface area contributed by atoms with Crippen LogP contribution in [-0.4, -0.2) is 69.9 Å². The van der Waals surface area contributed by atoms with E-state index in [1.807, 2.05) is 43.1 Å². The molecule has 0 spiro atoms. The van der Waals surface area contributed by atoms with Crippen molar-refractivity contribution in [2.24, 2.45) is 7.05 Å². The Bertz CT molecular complexity index is 828. The number of ether oxygens (including phenoxy) is 1. The number of likely N-dealkylation sites (tertiary alicyclic amines) is 1. The number of morpholine rings is 1. The second kappa shape index (κ2) is 8.41. The maximum absolute atomic E-state index is 12.9. The van der Waals surface area contributed by atoms with E-state index in [1.165, 1.54) is 0 Å². The average Bonchev–Trinajstić information content (AvgIpc) is 3.08. The lowest BCUT2D eigenvalue weighted by Gasteiger charge is -2.32. The van der Waals surface area contributed by atoms with E-state index < -0.39 is 0 Å². The molecule has 0 saturated carbocycles. The number of amides is 1. The van der Waals surface area contributed by atoms with Crippen LogP contribution in [0.4, 0.5) is 0 Å². The maximum Gasteiger partial charge on any atom is 0.253 e. The van der Waals surface area contributed by atoms with Crippen LogP contribution in [0.1, 0.15) is 46.3 Å². The summed E-state index contributed by atoms with van der Waals surface area (Å²) in [4.78, 5) is 17.3. The van der Waals surface area contributed by atoms with E-state index in [2.05, 4.69) is 19.7 Å². The van der Waals surface area contributed by atoms with Crippen LogP contribution < -0.4 is 0 Å². The summed E-state index contributed by atoms with van der Waals surface area (Å²) < 4.78 is 7.55. The first-order chi connectivity index (χ1) is 13.6. The van der Waals surface area contributed by atoms with E-state index in [4.69, 9.17) is 4.74 Å². The number of aryl methyl sites for hydroxylation is 1. The first kappa shape index (κ1) is 19.1. The standard InChI is InChI=1S/C21H29N5O2/c1-16-5-3-6-17(13-16)21(27)26-8-4-7-18(14-26)20-23-22-19(24(20)2)15-25-9-11-28-12-10-25/h3,5-6,13,18H,4,7-12,14-15H2,1-2H3/t18-/m0/s1. The van der Waals surface area contributed by atoms with Crippen molar-refractivity contribution >= 4 is 5.91 Å². The molecule has 7 nitrogen and oxygen atoms in total. The summed E-state index contributed by atoms with van der Waals surface area (Å²) in [6.45, 7) is 7.76. The Morgan fingerprint density at radius 2 is 2.04 bits per heavy atom. The number of nitrogens with zero attached hydrogens (tertiary/aromatic N) is 5. The number of hydrogen-bond donors (Lipinski definition) is 0. The summed E-state index contributed by atoms with van der Waals surface area (Å²) in [6.07, 6.45) is 2.04. The highest BCUT2D eigenvalue weighted by atomic mass is 16.5. The molecule has 2 aliphatic rings. The normalized spacial score (nSPS) is 21.1. The number of hydrogen-bond acceptors (Lipinski definition) is 5. The van der Waals surface area contributed by atoms with Gasteiger partial charge in [-0.15, -0.1) is 10.2 Å². The van der Waals surface area contributed by atoms with Gasteiger partial charge in [0.15, 0.2) is 0 Å². The Morgan fingerprint density at radius 1 is 1.21 bits per heavy atom. The minimum absolute atomic E-state index is 0.115. The number of carbonyl (C=O) groups excluding carboxylic acids is 1. The van der Waals surface area contributed by atoms with Crippen molar-refractivity contribution in [3.05, 3.63) is 47.0 Å². The maximum atomic E-state index is 12.9. The Kier molecular flexibility index (Phi) is 5.73. The zero-order valence-corrected chi connectivity index (χ0v) is 16.8. The summed E-state index contributed by atoms with van der Waals surface area (Å²) in [5.74, 6) is 2.33. The average molecular weight is 383 g/mol. The van der Waals surface area contributed by atoms with Gasteiger partial charge in [0.05, 0.1) is 19.8 Å². The van der Waals surface area contributed by atoms with Crippen LogP contribution in [0, 0.1) is 6.92 Å². The quantitative estimate of drug-likeness (QED) is 0.808. The molecule has 1 aromatic carbocycles. The number of carbonyl (C=O) groups is 1. The monoisotopic (exact) mass is 383 g/mol. The molecule has 2 saturated heterocycles. The lowest BCUT2D eigenvalue weighted by Crippen LogP contribution is -2.40. The molecule has 0 bridgehead atoms. The van der Waals surface area contributed by atoms with Crippen molar-refractivity contribution in [3.8, 4) is 0 Å². The van der Waals surface area contributed by atoms with Gasteiger partial charge in [-0.05, 0) is 31.9 Å². The minimum atomic E-state index is 0.115. The Labute approximate surface area is 166 Å². The molecule has 0 aliphatic carbocycles. The summed E-state index contributed by atoms with van der Waals surface area (Å²) in [5, 5.41) is 8.95. The Morgan fingerprint density at radius 3 is 2.82 bits per heavy atom.